The van der Waals surface area contributed by atoms with Gasteiger partial charge in [0.1, 0.15) is 27.9 Å². The van der Waals surface area contributed by atoms with E-state index in [-0.39, 0.29) is 33.1 Å². The van der Waals surface area contributed by atoms with Crippen LogP contribution in [0.1, 0.15) is 61.1 Å². The maximum Gasteiger partial charge on any atom is 0.359 e. The number of hydrogen-bond acceptors (Lipinski definition) is 8. The average molecular weight is 515 g/mol. The molecule has 0 saturated heterocycles. The molecule has 10 heteroatoms. The monoisotopic (exact) mass is 514 g/mol. The zero-order valence-corrected chi connectivity index (χ0v) is 21.7. The van der Waals surface area contributed by atoms with Crippen LogP contribution in [0.4, 0.5) is 10.1 Å². The molecule has 0 amide bonds. The third-order valence-electron chi connectivity index (χ3n) is 5.21. The second kappa shape index (κ2) is 10.5. The molecule has 0 aliphatic carbocycles. The van der Waals surface area contributed by atoms with Crippen molar-refractivity contribution in [3.63, 3.8) is 0 Å². The van der Waals surface area contributed by atoms with Crippen molar-refractivity contribution in [2.75, 3.05) is 12.4 Å². The molecular weight excluding hydrogens is 487 g/mol. The second-order valence-corrected chi connectivity index (χ2v) is 9.55. The van der Waals surface area contributed by atoms with Gasteiger partial charge in [-0.3, -0.25) is 9.79 Å². The van der Waals surface area contributed by atoms with E-state index in [1.807, 2.05) is 0 Å². The van der Waals surface area contributed by atoms with E-state index >= 15 is 0 Å². The summed E-state index contributed by atoms with van der Waals surface area (Å²) in [6, 6.07) is 4.85. The van der Waals surface area contributed by atoms with Gasteiger partial charge in [-0.1, -0.05) is 11.6 Å². The molecule has 1 atom stereocenters. The quantitative estimate of drug-likeness (QED) is 0.256. The maximum atomic E-state index is 14.6. The first-order chi connectivity index (χ1) is 16.9. The number of esters is 1. The molecule has 0 radical (unpaired) electrons. The molecule has 36 heavy (non-hydrogen) atoms. The minimum atomic E-state index is -0.754. The fourth-order valence-electron chi connectivity index (χ4n) is 3.64. The van der Waals surface area contributed by atoms with Crippen molar-refractivity contribution < 1.29 is 18.3 Å². The molecule has 2 heterocycles. The normalized spacial score (nSPS) is 13.3. The van der Waals surface area contributed by atoms with Crippen molar-refractivity contribution in [2.24, 2.45) is 10.7 Å². The van der Waals surface area contributed by atoms with E-state index in [0.717, 1.165) is 6.07 Å². The molecule has 0 aliphatic heterocycles. The number of carbonyl (C=O) groups excluding carboxylic acids is 1. The Bertz CT molecular complexity index is 1440. The highest BCUT2D eigenvalue weighted by Crippen LogP contribution is 2.31. The second-order valence-electron chi connectivity index (χ2n) is 9.16. The first kappa shape index (κ1) is 26.9. The van der Waals surface area contributed by atoms with Crippen LogP contribution in [0, 0.1) is 12.7 Å². The molecule has 2 aromatic heterocycles. The summed E-state index contributed by atoms with van der Waals surface area (Å²) in [6.07, 6.45) is 2.75. The highest BCUT2D eigenvalue weighted by Gasteiger charge is 2.25. The lowest BCUT2D eigenvalue weighted by molar-refractivity contribution is 0.00640. The Balaban J connectivity index is 2.16. The lowest BCUT2D eigenvalue weighted by Crippen LogP contribution is -2.25. The Labute approximate surface area is 213 Å². The molecule has 3 aromatic rings. The van der Waals surface area contributed by atoms with Crippen LogP contribution in [0.15, 0.2) is 44.7 Å². The molecule has 1 aromatic carbocycles. The van der Waals surface area contributed by atoms with Gasteiger partial charge >= 0.3 is 5.97 Å². The smallest absolute Gasteiger partial charge is 0.359 e. The van der Waals surface area contributed by atoms with Gasteiger partial charge in [0.25, 0.3) is 0 Å². The summed E-state index contributed by atoms with van der Waals surface area (Å²) in [5.74, 6) is -1.06. The van der Waals surface area contributed by atoms with Gasteiger partial charge in [-0.15, -0.1) is 0 Å². The number of benzene rings is 1. The zero-order valence-electron chi connectivity index (χ0n) is 20.9. The third-order valence-corrected chi connectivity index (χ3v) is 5.42. The maximum absolute atomic E-state index is 14.6. The number of hydrogen-bond donors (Lipinski definition) is 2. The third kappa shape index (κ3) is 5.73. The van der Waals surface area contributed by atoms with Crippen molar-refractivity contribution in [3.8, 4) is 0 Å². The van der Waals surface area contributed by atoms with Crippen LogP contribution in [0.2, 0.25) is 5.15 Å². The predicted octanol–water partition coefficient (Wildman–Crippen LogP) is 5.42. The number of halogens is 2. The van der Waals surface area contributed by atoms with Crippen LogP contribution in [0.3, 0.4) is 0 Å². The lowest BCUT2D eigenvalue weighted by atomic mass is 10.0. The largest absolute Gasteiger partial charge is 0.455 e. The topological polar surface area (TPSA) is 120 Å². The minimum absolute atomic E-state index is 0.0320. The fraction of sp³-hybridized carbons (Fsp3) is 0.308. The Morgan fingerprint density at radius 2 is 2.03 bits per heavy atom. The van der Waals surface area contributed by atoms with E-state index in [2.05, 4.69) is 15.3 Å². The minimum Gasteiger partial charge on any atom is -0.455 e. The van der Waals surface area contributed by atoms with Crippen LogP contribution >= 0.6 is 11.6 Å². The van der Waals surface area contributed by atoms with Gasteiger partial charge in [-0.25, -0.2) is 14.2 Å². The molecule has 0 fully saturated rings. The number of allylic oxidation sites excluding steroid dienone is 1. The number of nitrogens with two attached hydrogens (primary N) is 1. The number of nitrogens with one attached hydrogen (secondary N) is 1. The highest BCUT2D eigenvalue weighted by atomic mass is 35.5. The lowest BCUT2D eigenvalue weighted by Gasteiger charge is -2.22. The van der Waals surface area contributed by atoms with Gasteiger partial charge in [0.05, 0.1) is 22.7 Å². The number of anilines is 1. The Hall–Kier alpha value is -3.72. The number of ether oxygens (including phenoxy) is 1. The number of aliphatic imine (C=N–C) groups is 1. The van der Waals surface area contributed by atoms with Crippen LogP contribution in [-0.4, -0.2) is 29.8 Å². The zero-order chi connectivity index (χ0) is 26.8. The van der Waals surface area contributed by atoms with Gasteiger partial charge in [-0.2, -0.15) is 0 Å². The summed E-state index contributed by atoms with van der Waals surface area (Å²) < 4.78 is 26.2. The molecule has 0 bridgehead atoms. The molecule has 3 rings (SSSR count). The van der Waals surface area contributed by atoms with Crippen LogP contribution in [0.5, 0.6) is 0 Å². The van der Waals surface area contributed by atoms with Gasteiger partial charge in [0.2, 0.25) is 0 Å². The van der Waals surface area contributed by atoms with E-state index in [9.17, 15) is 14.0 Å². The first-order valence-electron chi connectivity index (χ1n) is 11.1. The molecule has 0 aliphatic rings. The Kier molecular flexibility index (Phi) is 7.83. The van der Waals surface area contributed by atoms with E-state index in [0.29, 0.717) is 16.8 Å². The first-order valence-corrected chi connectivity index (χ1v) is 11.5. The Morgan fingerprint density at radius 3 is 2.64 bits per heavy atom. The Morgan fingerprint density at radius 1 is 1.33 bits per heavy atom. The summed E-state index contributed by atoms with van der Waals surface area (Å²) >= 11 is 6.03. The average Bonchev–Trinajstić information content (AvgIpc) is 2.79. The fourth-order valence-corrected chi connectivity index (χ4v) is 3.79. The van der Waals surface area contributed by atoms with E-state index in [4.69, 9.17) is 26.5 Å². The summed E-state index contributed by atoms with van der Waals surface area (Å²) in [5.41, 5.74) is 6.05. The molecule has 8 nitrogen and oxygen atoms in total. The standard InChI is InChI=1S/C26H28ClFN4O4/c1-13-22(33)18-10-16(28)9-17(24(18)35-23(13)15(11-29)12-30-6)14(2)31-19-7-8-20(27)32-21(19)25(34)36-26(3,4)5/h7-12,14,31H,29H2,1-6H3/b15-11+,30-12?. The van der Waals surface area contributed by atoms with Crippen molar-refractivity contribution in [1.29, 1.82) is 0 Å². The van der Waals surface area contributed by atoms with Crippen LogP contribution in [-0.2, 0) is 4.74 Å². The molecule has 1 unspecified atom stereocenters. The molecular formula is C26H28ClFN4O4. The molecule has 0 saturated carbocycles. The van der Waals surface area contributed by atoms with Crippen molar-refractivity contribution in [1.82, 2.24) is 4.98 Å². The van der Waals surface area contributed by atoms with Crippen molar-refractivity contribution in [3.05, 3.63) is 74.2 Å². The van der Waals surface area contributed by atoms with Gasteiger partial charge < -0.3 is 20.2 Å². The van der Waals surface area contributed by atoms with Crippen molar-refractivity contribution >= 4 is 46.0 Å². The number of carbonyl (C=O) groups is 1. The summed E-state index contributed by atoms with van der Waals surface area (Å²) in [5, 5.41) is 3.33. The van der Waals surface area contributed by atoms with Gasteiger partial charge in [0, 0.05) is 30.6 Å². The highest BCUT2D eigenvalue weighted by molar-refractivity contribution is 6.29. The van der Waals surface area contributed by atoms with Gasteiger partial charge in [-0.05, 0) is 58.9 Å². The molecule has 190 valence electrons. The van der Waals surface area contributed by atoms with E-state index < -0.39 is 28.9 Å². The summed E-state index contributed by atoms with van der Waals surface area (Å²) in [4.78, 5) is 34.0. The van der Waals surface area contributed by atoms with Crippen LogP contribution in [0.25, 0.3) is 16.5 Å². The summed E-state index contributed by atoms with van der Waals surface area (Å²) in [6.45, 7) is 8.51. The van der Waals surface area contributed by atoms with Crippen LogP contribution < -0.4 is 16.5 Å². The predicted molar refractivity (Wildman–Crippen MR) is 140 cm³/mol. The SMILES string of the molecule is CN=C/C(=C\N)c1oc2c(C(C)Nc3ccc(Cl)nc3C(=O)OC(C)(C)C)cc(F)cc2c(=O)c1C. The molecule has 3 N–H and O–H groups in total. The number of rotatable bonds is 6. The number of nitrogens with zero attached hydrogens (tertiary/aromatic N) is 2. The van der Waals surface area contributed by atoms with E-state index in [1.54, 1.807) is 47.7 Å². The number of aromatic nitrogens is 1. The number of pyridine rings is 1. The van der Waals surface area contributed by atoms with E-state index in [1.165, 1.54) is 24.5 Å². The number of fused-ring (bicyclic) bond motifs is 1. The molecule has 0 spiro atoms. The van der Waals surface area contributed by atoms with Crippen molar-refractivity contribution in [2.45, 2.75) is 46.3 Å². The van der Waals surface area contributed by atoms with Gasteiger partial charge in [0.15, 0.2) is 11.1 Å². The summed E-state index contributed by atoms with van der Waals surface area (Å²) in [7, 11) is 1.56.